The van der Waals surface area contributed by atoms with Gasteiger partial charge in [0.15, 0.2) is 0 Å². The van der Waals surface area contributed by atoms with Crippen molar-refractivity contribution in [3.05, 3.63) is 0 Å². The van der Waals surface area contributed by atoms with Gasteiger partial charge >= 0.3 is 47.7 Å². The first-order chi connectivity index (χ1) is 5.55. The van der Waals surface area contributed by atoms with E-state index in [1.54, 1.807) is 0 Å². The zero-order valence-corrected chi connectivity index (χ0v) is 7.76. The zero-order valence-electron chi connectivity index (χ0n) is 5.49. The fourth-order valence-corrected chi connectivity index (χ4v) is 0.316. The van der Waals surface area contributed by atoms with Gasteiger partial charge in [0.25, 0.3) is 3.79 Å². The molecule has 78 valence electrons. The SMILES string of the molecule is O=C(OC(=O)C(Cl)(Cl)Cl)C(F)(F)F.[NaH]. The molecular formula is C4HCl3F3NaO3. The van der Waals surface area contributed by atoms with E-state index < -0.39 is 21.9 Å². The third-order valence-electron chi connectivity index (χ3n) is 0.648. The Bertz CT molecular complexity index is 212. The molecule has 0 aromatic heterocycles. The van der Waals surface area contributed by atoms with Crippen molar-refractivity contribution >= 4 is 76.3 Å². The van der Waals surface area contributed by atoms with Crippen molar-refractivity contribution in [1.82, 2.24) is 0 Å². The van der Waals surface area contributed by atoms with Gasteiger partial charge in [-0.2, -0.15) is 13.2 Å². The van der Waals surface area contributed by atoms with Crippen LogP contribution in [0.4, 0.5) is 13.2 Å². The summed E-state index contributed by atoms with van der Waals surface area (Å²) < 4.78 is 34.8. The van der Waals surface area contributed by atoms with E-state index in [1.807, 2.05) is 0 Å². The molecule has 14 heavy (non-hydrogen) atoms. The number of alkyl halides is 6. The molecule has 0 atom stereocenters. The number of esters is 2. The Labute approximate surface area is 113 Å². The van der Waals surface area contributed by atoms with Gasteiger partial charge in [-0.15, -0.1) is 0 Å². The molecule has 0 fully saturated rings. The molecule has 0 radical (unpaired) electrons. The molecule has 10 heteroatoms. The van der Waals surface area contributed by atoms with Gasteiger partial charge in [-0.1, -0.05) is 34.8 Å². The van der Waals surface area contributed by atoms with Crippen LogP contribution in [0.5, 0.6) is 0 Å². The van der Waals surface area contributed by atoms with Crippen molar-refractivity contribution in [3.8, 4) is 0 Å². The maximum atomic E-state index is 11.4. The number of ether oxygens (including phenoxy) is 1. The fraction of sp³-hybridized carbons (Fsp3) is 0.500. The van der Waals surface area contributed by atoms with Crippen LogP contribution < -0.4 is 0 Å². The normalized spacial score (nSPS) is 11.6. The molecule has 0 aromatic carbocycles. The van der Waals surface area contributed by atoms with Crippen LogP contribution in [0, 0.1) is 0 Å². The second-order valence-electron chi connectivity index (χ2n) is 1.67. The van der Waals surface area contributed by atoms with E-state index in [0.29, 0.717) is 0 Å². The van der Waals surface area contributed by atoms with Crippen molar-refractivity contribution in [2.45, 2.75) is 9.97 Å². The Morgan fingerprint density at radius 3 is 1.57 bits per heavy atom. The molecule has 0 bridgehead atoms. The summed E-state index contributed by atoms with van der Waals surface area (Å²) in [5, 5.41) is 0. The number of hydrogen-bond acceptors (Lipinski definition) is 3. The molecule has 0 aliphatic rings. The van der Waals surface area contributed by atoms with Gasteiger partial charge in [0.2, 0.25) is 0 Å². The molecule has 0 aliphatic heterocycles. The van der Waals surface area contributed by atoms with Crippen LogP contribution in [0.25, 0.3) is 0 Å². The van der Waals surface area contributed by atoms with Crippen molar-refractivity contribution in [1.29, 1.82) is 0 Å². The van der Waals surface area contributed by atoms with E-state index in [4.69, 9.17) is 34.8 Å². The molecule has 0 aliphatic carbocycles. The van der Waals surface area contributed by atoms with E-state index in [2.05, 4.69) is 4.74 Å². The summed E-state index contributed by atoms with van der Waals surface area (Å²) in [5.41, 5.74) is 0. The van der Waals surface area contributed by atoms with Crippen LogP contribution in [0.1, 0.15) is 0 Å². The van der Waals surface area contributed by atoms with E-state index in [-0.39, 0.29) is 29.6 Å². The van der Waals surface area contributed by atoms with Crippen molar-refractivity contribution < 1.29 is 27.5 Å². The van der Waals surface area contributed by atoms with E-state index in [0.717, 1.165) is 0 Å². The van der Waals surface area contributed by atoms with Crippen molar-refractivity contribution in [3.63, 3.8) is 0 Å². The van der Waals surface area contributed by atoms with Crippen LogP contribution in [-0.2, 0) is 14.3 Å². The van der Waals surface area contributed by atoms with Crippen molar-refractivity contribution in [2.75, 3.05) is 0 Å². The number of carbonyl (C=O) groups is 2. The third kappa shape index (κ3) is 6.31. The summed E-state index contributed by atoms with van der Waals surface area (Å²) in [6, 6.07) is 0. The Kier molecular flexibility index (Phi) is 7.09. The van der Waals surface area contributed by atoms with Crippen LogP contribution in [0.15, 0.2) is 0 Å². The summed E-state index contributed by atoms with van der Waals surface area (Å²) in [4.78, 5) is 20.4. The molecule has 0 aromatic rings. The first kappa shape index (κ1) is 17.2. The molecule has 0 heterocycles. The third-order valence-corrected chi connectivity index (χ3v) is 1.11. The van der Waals surface area contributed by atoms with Gasteiger partial charge in [0.05, 0.1) is 0 Å². The van der Waals surface area contributed by atoms with Gasteiger partial charge in [0, 0.05) is 0 Å². The van der Waals surface area contributed by atoms with E-state index in [1.165, 1.54) is 0 Å². The van der Waals surface area contributed by atoms with Gasteiger partial charge in [0.1, 0.15) is 0 Å². The number of hydrogen-bond donors (Lipinski definition) is 0. The number of rotatable bonds is 0. The quantitative estimate of drug-likeness (QED) is 0.292. The summed E-state index contributed by atoms with van der Waals surface area (Å²) >= 11 is 14.4. The molecule has 0 rings (SSSR count). The van der Waals surface area contributed by atoms with Gasteiger partial charge < -0.3 is 4.74 Å². The predicted octanol–water partition coefficient (Wildman–Crippen LogP) is 1.34. The Morgan fingerprint density at radius 2 is 1.36 bits per heavy atom. The monoisotopic (exact) mass is 282 g/mol. The predicted molar refractivity (Wildman–Crippen MR) is 44.6 cm³/mol. The standard InChI is InChI=1S/C4Cl3F3O3.Na.H/c5-3(6,7)1(11)13-2(12)4(8,9)10;;. The van der Waals surface area contributed by atoms with Crippen LogP contribution >= 0.6 is 34.8 Å². The average molecular weight is 283 g/mol. The number of carbonyl (C=O) groups excluding carboxylic acids is 2. The van der Waals surface area contributed by atoms with Gasteiger partial charge in [-0.05, 0) is 0 Å². The first-order valence-electron chi connectivity index (χ1n) is 2.45. The topological polar surface area (TPSA) is 43.4 Å². The van der Waals surface area contributed by atoms with Crippen LogP contribution in [-0.4, -0.2) is 51.5 Å². The molecule has 0 unspecified atom stereocenters. The van der Waals surface area contributed by atoms with Crippen molar-refractivity contribution in [2.24, 2.45) is 0 Å². The molecule has 3 nitrogen and oxygen atoms in total. The summed E-state index contributed by atoms with van der Waals surface area (Å²) in [6.45, 7) is 0. The van der Waals surface area contributed by atoms with E-state index in [9.17, 15) is 22.8 Å². The number of halogens is 6. The zero-order chi connectivity index (χ0) is 10.9. The summed E-state index contributed by atoms with van der Waals surface area (Å²) in [6.07, 6.45) is -5.30. The minimum atomic E-state index is -5.30. The average Bonchev–Trinajstić information content (AvgIpc) is 1.82. The fourth-order valence-electron chi connectivity index (χ4n) is 0.200. The van der Waals surface area contributed by atoms with E-state index >= 15 is 0 Å². The Morgan fingerprint density at radius 1 is 1.00 bits per heavy atom. The van der Waals surface area contributed by atoms with Gasteiger partial charge in [-0.25, -0.2) is 9.59 Å². The Balaban J connectivity index is 0. The van der Waals surface area contributed by atoms with Crippen LogP contribution in [0.3, 0.4) is 0 Å². The molecule has 0 amide bonds. The molecule has 0 saturated carbocycles. The molecule has 0 saturated heterocycles. The Hall–Kier alpha value is 0.800. The van der Waals surface area contributed by atoms with Gasteiger partial charge in [-0.3, -0.25) is 0 Å². The minimum absolute atomic E-state index is 0. The first-order valence-corrected chi connectivity index (χ1v) is 3.58. The summed E-state index contributed by atoms with van der Waals surface area (Å²) in [5.74, 6) is -4.64. The molecule has 0 N–H and O–H groups in total. The second kappa shape index (κ2) is 5.77. The van der Waals surface area contributed by atoms with Crippen LogP contribution in [0.2, 0.25) is 0 Å². The summed E-state index contributed by atoms with van der Waals surface area (Å²) in [7, 11) is 0. The second-order valence-corrected chi connectivity index (χ2v) is 3.95. The molecular weight excluding hydrogens is 282 g/mol. The maximum absolute atomic E-state index is 11.4. The molecule has 0 spiro atoms.